The highest BCUT2D eigenvalue weighted by Crippen LogP contribution is 2.40. The van der Waals surface area contributed by atoms with Gasteiger partial charge >= 0.3 is 0 Å². The van der Waals surface area contributed by atoms with Crippen molar-refractivity contribution in [1.29, 1.82) is 0 Å². The molecule has 4 atom stereocenters. The molecule has 2 fully saturated rings. The highest BCUT2D eigenvalue weighted by Gasteiger charge is 2.48. The van der Waals surface area contributed by atoms with Crippen LogP contribution in [0.5, 0.6) is 5.75 Å². The second kappa shape index (κ2) is 7.90. The van der Waals surface area contributed by atoms with Crippen molar-refractivity contribution in [2.75, 3.05) is 20.3 Å². The van der Waals surface area contributed by atoms with Gasteiger partial charge in [0.05, 0.1) is 31.9 Å². The van der Waals surface area contributed by atoms with Gasteiger partial charge in [0.2, 0.25) is 0 Å². The average molecular weight is 388 g/mol. The third-order valence-electron chi connectivity index (χ3n) is 5.68. The van der Waals surface area contributed by atoms with E-state index in [4.69, 9.17) is 24.1 Å². The molecule has 2 N–H and O–H groups in total. The first-order valence-corrected chi connectivity index (χ1v) is 9.40. The number of nitrogens with zero attached hydrogens (tertiary/aromatic N) is 2. The highest BCUT2D eigenvalue weighted by molar-refractivity contribution is 5.67. The summed E-state index contributed by atoms with van der Waals surface area (Å²) in [6.07, 6.45) is 6.27. The summed E-state index contributed by atoms with van der Waals surface area (Å²) in [6, 6.07) is 4.38. The van der Waals surface area contributed by atoms with E-state index in [-0.39, 0.29) is 24.7 Å². The molecule has 5 rings (SSSR count). The van der Waals surface area contributed by atoms with Crippen LogP contribution in [-0.4, -0.2) is 64.9 Å². The number of rotatable bonds is 3. The summed E-state index contributed by atoms with van der Waals surface area (Å²) >= 11 is 0. The largest absolute Gasteiger partial charge is 0.496 e. The van der Waals surface area contributed by atoms with E-state index in [0.717, 1.165) is 30.0 Å². The lowest BCUT2D eigenvalue weighted by Gasteiger charge is -2.21. The first kappa shape index (κ1) is 18.9. The fraction of sp³-hybridized carbons (Fsp3) is 0.500. The number of aryl methyl sites for hydroxylation is 2. The fourth-order valence-corrected chi connectivity index (χ4v) is 4.43. The molecule has 28 heavy (non-hydrogen) atoms. The molecule has 2 saturated heterocycles. The molecule has 0 unspecified atom stereocenters. The Labute approximate surface area is 162 Å². The number of fused-ring (bicyclic) bond motifs is 2. The van der Waals surface area contributed by atoms with Crippen molar-refractivity contribution < 1.29 is 29.2 Å². The number of imidazole rings is 1. The predicted molar refractivity (Wildman–Crippen MR) is 99.5 cm³/mol. The Balaban J connectivity index is 0.000000604. The maximum absolute atomic E-state index is 9.99. The zero-order valence-corrected chi connectivity index (χ0v) is 15.7. The van der Waals surface area contributed by atoms with Gasteiger partial charge < -0.3 is 29.0 Å². The topological polar surface area (TPSA) is 103 Å². The zero-order chi connectivity index (χ0) is 19.7. The number of aliphatic hydroxyl groups excluding tert-OH is 1. The number of methoxy groups -OCH3 is 1. The van der Waals surface area contributed by atoms with Crippen LogP contribution in [0.4, 0.5) is 0 Å². The van der Waals surface area contributed by atoms with Gasteiger partial charge in [-0.2, -0.15) is 0 Å². The number of carboxylic acid groups (broad SMARTS) is 1. The van der Waals surface area contributed by atoms with Crippen LogP contribution >= 0.6 is 0 Å². The molecule has 1 aromatic heterocycles. The smallest absolute Gasteiger partial charge is 0.290 e. The molecule has 8 heteroatoms. The molecule has 8 nitrogen and oxygen atoms in total. The normalized spacial score (nSPS) is 27.6. The standard InChI is InChI=1S/C19H22N2O4.CH2O2/c1-23-16-8-12-4-2-3-11(12)7-13(16)19-20-5-6-21(19)14-9-24-18-15(22)10-25-17(14)18;2-1-3/h5-8,14-15,17-18,22H,2-4,9-10H2,1H3;1H,(H,2,3)/t14-,15+,17+,18+;/m0./s1. The van der Waals surface area contributed by atoms with Crippen LogP contribution in [0.1, 0.15) is 23.6 Å². The molecule has 2 aromatic rings. The summed E-state index contributed by atoms with van der Waals surface area (Å²) in [7, 11) is 1.71. The number of aromatic nitrogens is 2. The summed E-state index contributed by atoms with van der Waals surface area (Å²) in [5.74, 6) is 1.72. The van der Waals surface area contributed by atoms with Gasteiger partial charge in [-0.05, 0) is 42.5 Å². The van der Waals surface area contributed by atoms with E-state index in [1.165, 1.54) is 17.5 Å². The maximum Gasteiger partial charge on any atom is 0.290 e. The quantitative estimate of drug-likeness (QED) is 0.767. The molecular weight excluding hydrogens is 364 g/mol. The molecule has 0 radical (unpaired) electrons. The van der Waals surface area contributed by atoms with Crippen molar-refractivity contribution >= 4 is 6.47 Å². The number of hydrogen-bond acceptors (Lipinski definition) is 6. The van der Waals surface area contributed by atoms with Crippen molar-refractivity contribution in [3.63, 3.8) is 0 Å². The molecule has 1 aliphatic carbocycles. The van der Waals surface area contributed by atoms with Gasteiger partial charge in [0.1, 0.15) is 29.9 Å². The fourth-order valence-electron chi connectivity index (χ4n) is 4.43. The summed E-state index contributed by atoms with van der Waals surface area (Å²) in [4.78, 5) is 13.0. The number of benzene rings is 1. The van der Waals surface area contributed by atoms with E-state index in [1.54, 1.807) is 13.3 Å². The minimum atomic E-state index is -0.545. The van der Waals surface area contributed by atoms with Crippen molar-refractivity contribution in [2.45, 2.75) is 43.6 Å². The molecule has 0 bridgehead atoms. The second-order valence-corrected chi connectivity index (χ2v) is 7.17. The summed E-state index contributed by atoms with van der Waals surface area (Å²) < 4.78 is 19.4. The van der Waals surface area contributed by atoms with Gasteiger partial charge in [0.25, 0.3) is 6.47 Å². The van der Waals surface area contributed by atoms with Gasteiger partial charge in [0.15, 0.2) is 0 Å². The highest BCUT2D eigenvalue weighted by atomic mass is 16.6. The number of carbonyl (C=O) groups is 1. The molecular formula is C20H24N2O6. The number of hydrogen-bond donors (Lipinski definition) is 2. The number of aliphatic hydroxyl groups is 1. The van der Waals surface area contributed by atoms with Crippen LogP contribution in [0.25, 0.3) is 11.4 Å². The molecule has 0 spiro atoms. The third kappa shape index (κ3) is 3.17. The van der Waals surface area contributed by atoms with Gasteiger partial charge in [0, 0.05) is 12.4 Å². The third-order valence-corrected chi connectivity index (χ3v) is 5.68. The maximum atomic E-state index is 9.99. The van der Waals surface area contributed by atoms with E-state index in [9.17, 15) is 5.11 Å². The van der Waals surface area contributed by atoms with E-state index in [2.05, 4.69) is 21.7 Å². The van der Waals surface area contributed by atoms with Crippen LogP contribution in [0.3, 0.4) is 0 Å². The predicted octanol–water partition coefficient (Wildman–Crippen LogP) is 1.45. The van der Waals surface area contributed by atoms with E-state index in [1.807, 2.05) is 6.20 Å². The van der Waals surface area contributed by atoms with Crippen molar-refractivity contribution in [2.24, 2.45) is 0 Å². The van der Waals surface area contributed by atoms with Crippen molar-refractivity contribution in [3.8, 4) is 17.1 Å². The number of ether oxygens (including phenoxy) is 3. The van der Waals surface area contributed by atoms with E-state index in [0.29, 0.717) is 13.2 Å². The summed E-state index contributed by atoms with van der Waals surface area (Å²) in [6.45, 7) is 0.598. The minimum absolute atomic E-state index is 0.0117. The molecule has 3 heterocycles. The average Bonchev–Trinajstić information content (AvgIpc) is 3.46. The van der Waals surface area contributed by atoms with Gasteiger partial charge in [-0.25, -0.2) is 4.98 Å². The van der Waals surface area contributed by atoms with Crippen LogP contribution in [0, 0.1) is 0 Å². The molecule has 0 saturated carbocycles. The molecule has 1 aromatic carbocycles. The van der Waals surface area contributed by atoms with Gasteiger partial charge in [-0.15, -0.1) is 0 Å². The molecule has 2 aliphatic heterocycles. The lowest BCUT2D eigenvalue weighted by atomic mass is 10.0. The summed E-state index contributed by atoms with van der Waals surface area (Å²) in [5.41, 5.74) is 3.78. The first-order chi connectivity index (χ1) is 13.7. The van der Waals surface area contributed by atoms with Crippen molar-refractivity contribution in [3.05, 3.63) is 35.7 Å². The Morgan fingerprint density at radius 2 is 1.93 bits per heavy atom. The van der Waals surface area contributed by atoms with Gasteiger partial charge in [-0.3, -0.25) is 4.79 Å². The zero-order valence-electron chi connectivity index (χ0n) is 15.7. The Morgan fingerprint density at radius 3 is 2.68 bits per heavy atom. The Kier molecular flexibility index (Phi) is 5.34. The van der Waals surface area contributed by atoms with E-state index >= 15 is 0 Å². The summed E-state index contributed by atoms with van der Waals surface area (Å²) in [5, 5.41) is 16.9. The van der Waals surface area contributed by atoms with Gasteiger partial charge in [-0.1, -0.05) is 0 Å². The Hall–Kier alpha value is -2.42. The van der Waals surface area contributed by atoms with E-state index < -0.39 is 6.10 Å². The van der Waals surface area contributed by atoms with Crippen LogP contribution in [-0.2, 0) is 27.1 Å². The molecule has 150 valence electrons. The Morgan fingerprint density at radius 1 is 1.21 bits per heavy atom. The SMILES string of the molecule is COc1cc2c(cc1-c1nccn1[C@H]1CO[C@H]3[C@@H]1OC[C@H]3O)CCC2.O=CO. The van der Waals surface area contributed by atoms with Crippen LogP contribution < -0.4 is 4.74 Å². The molecule has 3 aliphatic rings. The lowest BCUT2D eigenvalue weighted by Crippen LogP contribution is -2.30. The van der Waals surface area contributed by atoms with Crippen molar-refractivity contribution in [1.82, 2.24) is 9.55 Å². The second-order valence-electron chi connectivity index (χ2n) is 7.17. The van der Waals surface area contributed by atoms with Crippen LogP contribution in [0.2, 0.25) is 0 Å². The van der Waals surface area contributed by atoms with Crippen LogP contribution in [0.15, 0.2) is 24.5 Å². The lowest BCUT2D eigenvalue weighted by molar-refractivity contribution is -0.122. The molecule has 0 amide bonds. The Bertz CT molecular complexity index is 851. The monoisotopic (exact) mass is 388 g/mol. The first-order valence-electron chi connectivity index (χ1n) is 9.40. The minimum Gasteiger partial charge on any atom is -0.496 e.